The molecular formula is C21H24N2O. The molecule has 0 spiro atoms. The van der Waals surface area contributed by atoms with Crippen molar-refractivity contribution in [1.29, 1.82) is 0 Å². The molecule has 2 aromatic rings. The second kappa shape index (κ2) is 8.46. The molecular weight excluding hydrogens is 296 g/mol. The van der Waals surface area contributed by atoms with Crippen LogP contribution in [-0.2, 0) is 0 Å². The first kappa shape index (κ1) is 16.5. The zero-order valence-corrected chi connectivity index (χ0v) is 13.9. The average Bonchev–Trinajstić information content (AvgIpc) is 3.16. The van der Waals surface area contributed by atoms with E-state index in [2.05, 4.69) is 22.2 Å². The van der Waals surface area contributed by atoms with Gasteiger partial charge in [-0.2, -0.15) is 0 Å². The molecule has 1 heterocycles. The zero-order chi connectivity index (χ0) is 16.6. The van der Waals surface area contributed by atoms with Crippen molar-refractivity contribution in [2.24, 2.45) is 5.16 Å². The van der Waals surface area contributed by atoms with Crippen molar-refractivity contribution in [3.05, 3.63) is 77.9 Å². The van der Waals surface area contributed by atoms with Gasteiger partial charge in [-0.05, 0) is 43.1 Å². The van der Waals surface area contributed by atoms with Crippen molar-refractivity contribution in [2.75, 3.05) is 19.6 Å². The molecule has 1 fully saturated rings. The van der Waals surface area contributed by atoms with Crippen LogP contribution in [0.1, 0.15) is 29.9 Å². The van der Waals surface area contributed by atoms with Gasteiger partial charge in [0.1, 0.15) is 0 Å². The van der Waals surface area contributed by atoms with Crippen LogP contribution in [0.2, 0.25) is 0 Å². The fourth-order valence-corrected chi connectivity index (χ4v) is 3.24. The van der Waals surface area contributed by atoms with Gasteiger partial charge >= 0.3 is 0 Å². The largest absolute Gasteiger partial charge is 0.411 e. The molecule has 0 radical (unpaired) electrons. The van der Waals surface area contributed by atoms with Crippen LogP contribution in [0.25, 0.3) is 6.08 Å². The van der Waals surface area contributed by atoms with E-state index in [4.69, 9.17) is 0 Å². The predicted molar refractivity (Wildman–Crippen MR) is 99.6 cm³/mol. The first-order valence-electron chi connectivity index (χ1n) is 8.59. The van der Waals surface area contributed by atoms with E-state index in [-0.39, 0.29) is 5.92 Å². The summed E-state index contributed by atoms with van der Waals surface area (Å²) in [5.41, 5.74) is 3.00. The predicted octanol–water partition coefficient (Wildman–Crippen LogP) is 4.41. The molecule has 3 rings (SSSR count). The summed E-state index contributed by atoms with van der Waals surface area (Å²) in [6.07, 6.45) is 6.46. The summed E-state index contributed by atoms with van der Waals surface area (Å²) in [5, 5.41) is 13.3. The minimum Gasteiger partial charge on any atom is -0.411 e. The topological polar surface area (TPSA) is 35.8 Å². The van der Waals surface area contributed by atoms with E-state index < -0.39 is 0 Å². The average molecular weight is 320 g/mol. The summed E-state index contributed by atoms with van der Waals surface area (Å²) in [5.74, 6) is 0.0780. The van der Waals surface area contributed by atoms with Gasteiger partial charge in [-0.1, -0.05) is 71.9 Å². The SMILES string of the molecule is ON=C(C=Cc1ccccc1)C(CN1CCCC1)c1ccccc1. The highest BCUT2D eigenvalue weighted by atomic mass is 16.4. The van der Waals surface area contributed by atoms with Gasteiger partial charge in [0.25, 0.3) is 0 Å². The van der Waals surface area contributed by atoms with Gasteiger partial charge < -0.3 is 10.1 Å². The molecule has 0 aromatic heterocycles. The third-order valence-electron chi connectivity index (χ3n) is 4.56. The standard InChI is InChI=1S/C21H24N2O/c24-22-21(14-13-18-9-3-1-4-10-18)20(17-23-15-7-8-16-23)19-11-5-2-6-12-19/h1-6,9-14,20,24H,7-8,15-17H2. The summed E-state index contributed by atoms with van der Waals surface area (Å²) in [6.45, 7) is 3.15. The number of benzene rings is 2. The van der Waals surface area contributed by atoms with E-state index in [1.54, 1.807) is 0 Å². The number of allylic oxidation sites excluding steroid dienone is 1. The lowest BCUT2D eigenvalue weighted by Gasteiger charge is -2.23. The molecule has 0 bridgehead atoms. The molecule has 0 amide bonds. The van der Waals surface area contributed by atoms with E-state index in [1.807, 2.05) is 60.7 Å². The van der Waals surface area contributed by atoms with Crippen molar-refractivity contribution in [3.63, 3.8) is 0 Å². The Kier molecular flexibility index (Phi) is 5.80. The number of nitrogens with zero attached hydrogens (tertiary/aromatic N) is 2. The molecule has 1 aliphatic heterocycles. The number of rotatable bonds is 6. The molecule has 3 heteroatoms. The zero-order valence-electron chi connectivity index (χ0n) is 13.9. The van der Waals surface area contributed by atoms with Crippen molar-refractivity contribution in [3.8, 4) is 0 Å². The van der Waals surface area contributed by atoms with E-state index in [1.165, 1.54) is 18.4 Å². The molecule has 124 valence electrons. The van der Waals surface area contributed by atoms with Gasteiger partial charge in [0.15, 0.2) is 0 Å². The molecule has 3 nitrogen and oxygen atoms in total. The maximum Gasteiger partial charge on any atom is 0.0883 e. The Labute approximate surface area is 143 Å². The van der Waals surface area contributed by atoms with Crippen molar-refractivity contribution in [1.82, 2.24) is 4.90 Å². The van der Waals surface area contributed by atoms with Gasteiger partial charge in [0.05, 0.1) is 5.71 Å². The van der Waals surface area contributed by atoms with E-state index in [9.17, 15) is 5.21 Å². The Hall–Kier alpha value is -2.39. The van der Waals surface area contributed by atoms with E-state index in [0.717, 1.165) is 25.2 Å². The fourth-order valence-electron chi connectivity index (χ4n) is 3.24. The van der Waals surface area contributed by atoms with Gasteiger partial charge in [-0.3, -0.25) is 0 Å². The summed E-state index contributed by atoms with van der Waals surface area (Å²) >= 11 is 0. The van der Waals surface area contributed by atoms with Crippen molar-refractivity contribution >= 4 is 11.8 Å². The summed E-state index contributed by atoms with van der Waals surface area (Å²) in [6, 6.07) is 20.4. The van der Waals surface area contributed by atoms with Crippen LogP contribution >= 0.6 is 0 Å². The highest BCUT2D eigenvalue weighted by Crippen LogP contribution is 2.22. The van der Waals surface area contributed by atoms with Crippen LogP contribution in [0.15, 0.2) is 71.9 Å². The molecule has 1 atom stereocenters. The Morgan fingerprint density at radius 1 is 1.00 bits per heavy atom. The summed E-state index contributed by atoms with van der Waals surface area (Å²) < 4.78 is 0. The lowest BCUT2D eigenvalue weighted by atomic mass is 9.92. The number of likely N-dealkylation sites (tertiary alicyclic amines) is 1. The molecule has 1 aliphatic rings. The minimum absolute atomic E-state index is 0.0780. The Balaban J connectivity index is 1.83. The van der Waals surface area contributed by atoms with Gasteiger partial charge in [-0.25, -0.2) is 0 Å². The second-order valence-electron chi connectivity index (χ2n) is 6.24. The van der Waals surface area contributed by atoms with Crippen LogP contribution < -0.4 is 0 Å². The molecule has 0 saturated carbocycles. The third kappa shape index (κ3) is 4.33. The highest BCUT2D eigenvalue weighted by molar-refractivity contribution is 6.02. The van der Waals surface area contributed by atoms with Crippen LogP contribution in [0.3, 0.4) is 0 Å². The minimum atomic E-state index is 0.0780. The maximum absolute atomic E-state index is 9.63. The van der Waals surface area contributed by atoms with Crippen molar-refractivity contribution < 1.29 is 5.21 Å². The molecule has 2 aromatic carbocycles. The normalized spacial score (nSPS) is 17.4. The lowest BCUT2D eigenvalue weighted by Crippen LogP contribution is -2.29. The Morgan fingerprint density at radius 2 is 1.62 bits per heavy atom. The summed E-state index contributed by atoms with van der Waals surface area (Å²) in [7, 11) is 0. The Morgan fingerprint density at radius 3 is 2.25 bits per heavy atom. The fraction of sp³-hybridized carbons (Fsp3) is 0.286. The van der Waals surface area contributed by atoms with Crippen LogP contribution in [0, 0.1) is 0 Å². The number of hydrogen-bond donors (Lipinski definition) is 1. The van der Waals surface area contributed by atoms with Gasteiger partial charge in [0, 0.05) is 12.5 Å². The van der Waals surface area contributed by atoms with Gasteiger partial charge in [-0.15, -0.1) is 0 Å². The maximum atomic E-state index is 9.63. The highest BCUT2D eigenvalue weighted by Gasteiger charge is 2.22. The molecule has 1 unspecified atom stereocenters. The van der Waals surface area contributed by atoms with E-state index in [0.29, 0.717) is 5.71 Å². The third-order valence-corrected chi connectivity index (χ3v) is 4.56. The lowest BCUT2D eigenvalue weighted by molar-refractivity contribution is 0.308. The molecule has 1 N–H and O–H groups in total. The van der Waals surface area contributed by atoms with Crippen LogP contribution in [-0.4, -0.2) is 35.5 Å². The van der Waals surface area contributed by atoms with Crippen molar-refractivity contribution in [2.45, 2.75) is 18.8 Å². The monoisotopic (exact) mass is 320 g/mol. The molecule has 24 heavy (non-hydrogen) atoms. The number of hydrogen-bond acceptors (Lipinski definition) is 3. The van der Waals surface area contributed by atoms with E-state index >= 15 is 0 Å². The molecule has 0 aliphatic carbocycles. The second-order valence-corrected chi connectivity index (χ2v) is 6.24. The van der Waals surface area contributed by atoms with Gasteiger partial charge in [0.2, 0.25) is 0 Å². The first-order valence-corrected chi connectivity index (χ1v) is 8.59. The van der Waals surface area contributed by atoms with Crippen LogP contribution in [0.5, 0.6) is 0 Å². The number of oxime groups is 1. The Bertz CT molecular complexity index is 673. The summed E-state index contributed by atoms with van der Waals surface area (Å²) in [4.78, 5) is 2.46. The van der Waals surface area contributed by atoms with Crippen LogP contribution in [0.4, 0.5) is 0 Å². The quantitative estimate of drug-likeness (QED) is 0.486. The molecule has 1 saturated heterocycles. The smallest absolute Gasteiger partial charge is 0.0883 e. The first-order chi connectivity index (χ1) is 11.9.